The number of carbonyl (C=O) groups excluding carboxylic acids is 2. The zero-order chi connectivity index (χ0) is 21.1. The van der Waals surface area contributed by atoms with Crippen molar-refractivity contribution in [1.82, 2.24) is 10.3 Å². The summed E-state index contributed by atoms with van der Waals surface area (Å²) in [6.07, 6.45) is 2.77. The van der Waals surface area contributed by atoms with Gasteiger partial charge in [0.1, 0.15) is 0 Å². The molecule has 0 unspecified atom stereocenters. The molecule has 1 amide bonds. The molecule has 0 bridgehead atoms. The number of H-pyrrole nitrogens is 1. The third kappa shape index (κ3) is 3.94. The third-order valence-electron chi connectivity index (χ3n) is 5.54. The van der Waals surface area contributed by atoms with E-state index in [9.17, 15) is 9.59 Å². The molecule has 4 aromatic rings. The highest BCUT2D eigenvalue weighted by atomic mass is 32.1. The summed E-state index contributed by atoms with van der Waals surface area (Å²) < 4.78 is 0. The monoisotopic (exact) mass is 416 g/mol. The summed E-state index contributed by atoms with van der Waals surface area (Å²) in [6, 6.07) is 19.2. The van der Waals surface area contributed by atoms with E-state index in [1.54, 1.807) is 12.1 Å². The molecule has 2 aromatic heterocycles. The van der Waals surface area contributed by atoms with Gasteiger partial charge in [0, 0.05) is 29.2 Å². The Labute approximate surface area is 180 Å². The van der Waals surface area contributed by atoms with Crippen LogP contribution in [0.15, 0.2) is 72.2 Å². The molecule has 4 nitrogen and oxygen atoms in total. The molecule has 0 spiro atoms. The molecule has 0 atom stereocenters. The highest BCUT2D eigenvalue weighted by Crippen LogP contribution is 2.25. The van der Waals surface area contributed by atoms with E-state index in [1.807, 2.05) is 67.9 Å². The van der Waals surface area contributed by atoms with Crippen LogP contribution in [0, 0.1) is 0 Å². The first-order valence-electron chi connectivity index (χ1n) is 9.99. The van der Waals surface area contributed by atoms with Crippen LogP contribution in [-0.2, 0) is 16.6 Å². The number of carbonyl (C=O) groups is 2. The molecule has 0 radical (unpaired) electrons. The third-order valence-corrected chi connectivity index (χ3v) is 6.40. The smallest absolute Gasteiger partial charge is 0.230 e. The van der Waals surface area contributed by atoms with Crippen molar-refractivity contribution in [3.05, 3.63) is 93.8 Å². The van der Waals surface area contributed by atoms with Crippen LogP contribution < -0.4 is 5.32 Å². The van der Waals surface area contributed by atoms with E-state index in [4.69, 9.17) is 0 Å². The lowest BCUT2D eigenvalue weighted by Gasteiger charge is -2.24. The molecule has 0 saturated carbocycles. The van der Waals surface area contributed by atoms with E-state index >= 15 is 0 Å². The Bertz CT molecular complexity index is 1170. The van der Waals surface area contributed by atoms with Crippen molar-refractivity contribution in [3.63, 3.8) is 0 Å². The summed E-state index contributed by atoms with van der Waals surface area (Å²) in [6.45, 7) is 4.38. The summed E-state index contributed by atoms with van der Waals surface area (Å²) in [5.41, 5.74) is 3.13. The quantitative estimate of drug-likeness (QED) is 0.412. The van der Waals surface area contributed by atoms with E-state index in [0.29, 0.717) is 12.1 Å². The average Bonchev–Trinajstić information content (AvgIpc) is 3.44. The van der Waals surface area contributed by atoms with Gasteiger partial charge in [0.25, 0.3) is 0 Å². The van der Waals surface area contributed by atoms with Crippen LogP contribution in [0.25, 0.3) is 10.9 Å². The summed E-state index contributed by atoms with van der Waals surface area (Å²) in [4.78, 5) is 29.3. The number of ketones is 1. The van der Waals surface area contributed by atoms with Crippen LogP contribution in [0.2, 0.25) is 0 Å². The molecule has 0 aliphatic rings. The molecule has 2 aromatic carbocycles. The molecule has 0 saturated heterocycles. The Morgan fingerprint density at radius 1 is 1.00 bits per heavy atom. The van der Waals surface area contributed by atoms with Gasteiger partial charge >= 0.3 is 0 Å². The first kappa shape index (κ1) is 20.1. The summed E-state index contributed by atoms with van der Waals surface area (Å²) in [7, 11) is 0. The van der Waals surface area contributed by atoms with Gasteiger partial charge in [-0.25, -0.2) is 0 Å². The van der Waals surface area contributed by atoms with Crippen molar-refractivity contribution >= 4 is 33.9 Å². The number of para-hydroxylation sites is 1. The number of rotatable bonds is 7. The Balaban J connectivity index is 1.40. The van der Waals surface area contributed by atoms with E-state index in [0.717, 1.165) is 22.4 Å². The molecular weight excluding hydrogens is 392 g/mol. The molecule has 0 aliphatic carbocycles. The van der Waals surface area contributed by atoms with Crippen molar-refractivity contribution in [1.29, 1.82) is 0 Å². The number of benzene rings is 2. The van der Waals surface area contributed by atoms with Gasteiger partial charge in [0.2, 0.25) is 11.7 Å². The summed E-state index contributed by atoms with van der Waals surface area (Å²) >= 11 is 1.43. The molecule has 4 rings (SSSR count). The van der Waals surface area contributed by atoms with Crippen LogP contribution in [0.1, 0.15) is 40.2 Å². The summed E-state index contributed by atoms with van der Waals surface area (Å²) in [5.74, 6) is -0.0165. The van der Waals surface area contributed by atoms with E-state index in [-0.39, 0.29) is 11.7 Å². The van der Waals surface area contributed by atoms with Gasteiger partial charge in [-0.05, 0) is 48.9 Å². The minimum absolute atomic E-state index is 0.0116. The predicted octanol–water partition coefficient (Wildman–Crippen LogP) is 5.10. The molecule has 0 fully saturated rings. The van der Waals surface area contributed by atoms with Gasteiger partial charge in [-0.1, -0.05) is 48.5 Å². The topological polar surface area (TPSA) is 62.0 Å². The molecule has 0 aliphatic heterocycles. The van der Waals surface area contributed by atoms with Crippen molar-refractivity contribution < 1.29 is 9.59 Å². The van der Waals surface area contributed by atoms with Crippen LogP contribution in [0.3, 0.4) is 0 Å². The van der Waals surface area contributed by atoms with Crippen LogP contribution in [-0.4, -0.2) is 23.2 Å². The lowest BCUT2D eigenvalue weighted by atomic mass is 9.83. The second kappa shape index (κ2) is 8.28. The Hall–Kier alpha value is -3.18. The number of thiophene rings is 1. The second-order valence-electron chi connectivity index (χ2n) is 7.87. The molecule has 5 heteroatoms. The lowest BCUT2D eigenvalue weighted by molar-refractivity contribution is -0.125. The summed E-state index contributed by atoms with van der Waals surface area (Å²) in [5, 5.41) is 6.15. The number of amides is 1. The first-order valence-corrected chi connectivity index (χ1v) is 10.9. The number of aromatic nitrogens is 1. The van der Waals surface area contributed by atoms with Gasteiger partial charge in [0.15, 0.2) is 0 Å². The lowest BCUT2D eigenvalue weighted by Crippen LogP contribution is -2.40. The predicted molar refractivity (Wildman–Crippen MR) is 122 cm³/mol. The fourth-order valence-corrected chi connectivity index (χ4v) is 4.28. The van der Waals surface area contributed by atoms with Gasteiger partial charge in [-0.2, -0.15) is 0 Å². The van der Waals surface area contributed by atoms with Gasteiger partial charge in [0.05, 0.1) is 10.3 Å². The number of hydrogen-bond acceptors (Lipinski definition) is 3. The fraction of sp³-hybridized carbons (Fsp3) is 0.200. The molecule has 2 N–H and O–H groups in total. The molecule has 30 heavy (non-hydrogen) atoms. The largest absolute Gasteiger partial charge is 0.361 e. The normalized spacial score (nSPS) is 11.5. The maximum atomic E-state index is 12.9. The van der Waals surface area contributed by atoms with E-state index < -0.39 is 5.41 Å². The highest BCUT2D eigenvalue weighted by Gasteiger charge is 2.29. The highest BCUT2D eigenvalue weighted by molar-refractivity contribution is 7.12. The van der Waals surface area contributed by atoms with Crippen molar-refractivity contribution in [2.24, 2.45) is 0 Å². The maximum Gasteiger partial charge on any atom is 0.230 e. The van der Waals surface area contributed by atoms with Crippen molar-refractivity contribution in [3.8, 4) is 0 Å². The minimum Gasteiger partial charge on any atom is -0.361 e. The van der Waals surface area contributed by atoms with Crippen LogP contribution >= 0.6 is 11.3 Å². The van der Waals surface area contributed by atoms with E-state index in [2.05, 4.69) is 16.4 Å². The van der Waals surface area contributed by atoms with Crippen LogP contribution in [0.5, 0.6) is 0 Å². The number of hydrogen-bond donors (Lipinski definition) is 2. The SMILES string of the molecule is CC(C)(C(=O)NCCc1c[nH]c2ccccc12)c1ccc(C(=O)c2cccs2)cc1. The number of nitrogens with one attached hydrogen (secondary N) is 2. The zero-order valence-electron chi connectivity index (χ0n) is 17.1. The number of fused-ring (bicyclic) bond motifs is 1. The molecule has 152 valence electrons. The molecule has 2 heterocycles. The Morgan fingerprint density at radius 2 is 1.77 bits per heavy atom. The maximum absolute atomic E-state index is 12.9. The van der Waals surface area contributed by atoms with Gasteiger partial charge < -0.3 is 10.3 Å². The Morgan fingerprint density at radius 3 is 2.50 bits per heavy atom. The van der Waals surface area contributed by atoms with Gasteiger partial charge in [-0.15, -0.1) is 11.3 Å². The molecular formula is C25H24N2O2S. The number of aromatic amines is 1. The Kier molecular flexibility index (Phi) is 5.55. The van der Waals surface area contributed by atoms with Crippen molar-refractivity contribution in [2.45, 2.75) is 25.7 Å². The average molecular weight is 417 g/mol. The van der Waals surface area contributed by atoms with Crippen molar-refractivity contribution in [2.75, 3.05) is 6.54 Å². The standard InChI is InChI=1S/C25H24N2O2S/c1-25(2,19-11-9-17(10-12-19)23(28)22-8-5-15-30-22)24(29)26-14-13-18-16-27-21-7-4-3-6-20(18)21/h3-12,15-16,27H,13-14H2,1-2H3,(H,26,29). The first-order chi connectivity index (χ1) is 14.5. The fourth-order valence-electron chi connectivity index (χ4n) is 3.59. The second-order valence-corrected chi connectivity index (χ2v) is 8.82. The van der Waals surface area contributed by atoms with E-state index in [1.165, 1.54) is 22.3 Å². The minimum atomic E-state index is -0.690. The zero-order valence-corrected chi connectivity index (χ0v) is 17.9. The van der Waals surface area contributed by atoms with Gasteiger partial charge in [-0.3, -0.25) is 9.59 Å². The van der Waals surface area contributed by atoms with Crippen LogP contribution in [0.4, 0.5) is 0 Å².